The standard InChI is InChI=1S/C23H19ClF4N6O4/c1-2-38-21(36)20-29-18(30-34(20)16-5-3-4-15(25)10-16)12-33-22(37)32(11-17(35)23(26,27)28)19(31-33)13-6-8-14(24)9-7-13/h3-10,17,35H,2,11-12H2,1H3/t17-/m0/s1. The average molecular weight is 555 g/mol. The van der Waals surface area contributed by atoms with Crippen molar-refractivity contribution >= 4 is 17.6 Å². The van der Waals surface area contributed by atoms with E-state index in [-0.39, 0.29) is 35.3 Å². The fourth-order valence-corrected chi connectivity index (χ4v) is 3.59. The Hall–Kier alpha value is -4.04. The van der Waals surface area contributed by atoms with Gasteiger partial charge in [-0.25, -0.2) is 28.3 Å². The average Bonchev–Trinajstić information content (AvgIpc) is 3.41. The molecule has 1 N–H and O–H groups in total. The van der Waals surface area contributed by atoms with Crippen LogP contribution >= 0.6 is 11.6 Å². The van der Waals surface area contributed by atoms with Crippen LogP contribution in [0.2, 0.25) is 5.02 Å². The summed E-state index contributed by atoms with van der Waals surface area (Å²) in [6.07, 6.45) is -7.83. The summed E-state index contributed by atoms with van der Waals surface area (Å²) in [7, 11) is 0. The highest BCUT2D eigenvalue weighted by Gasteiger charge is 2.39. The second kappa shape index (κ2) is 10.8. The monoisotopic (exact) mass is 554 g/mol. The number of nitrogens with zero attached hydrogens (tertiary/aromatic N) is 6. The third-order valence-electron chi connectivity index (χ3n) is 5.21. The molecule has 15 heteroatoms. The molecule has 200 valence electrons. The molecule has 38 heavy (non-hydrogen) atoms. The summed E-state index contributed by atoms with van der Waals surface area (Å²) in [6, 6.07) is 10.9. The maximum atomic E-state index is 13.8. The zero-order chi connectivity index (χ0) is 27.6. The summed E-state index contributed by atoms with van der Waals surface area (Å²) in [5.74, 6) is -2.11. The number of rotatable bonds is 8. The van der Waals surface area contributed by atoms with Crippen LogP contribution in [0.3, 0.4) is 0 Å². The lowest BCUT2D eigenvalue weighted by Crippen LogP contribution is -2.37. The van der Waals surface area contributed by atoms with E-state index in [1.807, 2.05) is 0 Å². The molecule has 4 rings (SSSR count). The molecular weight excluding hydrogens is 536 g/mol. The first kappa shape index (κ1) is 27.0. The van der Waals surface area contributed by atoms with Gasteiger partial charge < -0.3 is 9.84 Å². The molecule has 4 aromatic rings. The van der Waals surface area contributed by atoms with E-state index in [0.29, 0.717) is 9.59 Å². The predicted molar refractivity (Wildman–Crippen MR) is 125 cm³/mol. The van der Waals surface area contributed by atoms with Gasteiger partial charge in [-0.05, 0) is 49.4 Å². The minimum Gasteiger partial charge on any atom is -0.460 e. The normalized spacial score (nSPS) is 12.5. The number of carbonyl (C=O) groups excluding carboxylic acids is 1. The Morgan fingerprint density at radius 1 is 1.16 bits per heavy atom. The molecule has 1 atom stereocenters. The Morgan fingerprint density at radius 3 is 2.50 bits per heavy atom. The summed E-state index contributed by atoms with van der Waals surface area (Å²) in [5, 5.41) is 18.3. The molecule has 0 aliphatic carbocycles. The molecule has 0 aliphatic heterocycles. The third-order valence-corrected chi connectivity index (χ3v) is 5.46. The van der Waals surface area contributed by atoms with Gasteiger partial charge in [-0.3, -0.25) is 4.57 Å². The minimum absolute atomic E-state index is 0.0139. The van der Waals surface area contributed by atoms with Gasteiger partial charge in [-0.2, -0.15) is 13.2 Å². The molecule has 0 spiro atoms. The van der Waals surface area contributed by atoms with Gasteiger partial charge in [0.05, 0.1) is 18.8 Å². The number of aliphatic hydroxyl groups is 1. The maximum absolute atomic E-state index is 13.8. The van der Waals surface area contributed by atoms with Gasteiger partial charge in [0.1, 0.15) is 12.4 Å². The van der Waals surface area contributed by atoms with E-state index in [2.05, 4.69) is 15.2 Å². The van der Waals surface area contributed by atoms with Gasteiger partial charge in [0.2, 0.25) is 5.82 Å². The summed E-state index contributed by atoms with van der Waals surface area (Å²) in [4.78, 5) is 29.7. The van der Waals surface area contributed by atoms with E-state index in [1.54, 1.807) is 6.92 Å². The van der Waals surface area contributed by atoms with Crippen molar-refractivity contribution in [3.8, 4) is 17.1 Å². The summed E-state index contributed by atoms with van der Waals surface area (Å²) in [5.41, 5.74) is -0.608. The number of ether oxygens (including phenoxy) is 1. The molecule has 0 radical (unpaired) electrons. The van der Waals surface area contributed by atoms with Crippen LogP contribution in [0.25, 0.3) is 17.1 Å². The Labute approximate surface area is 216 Å². The zero-order valence-electron chi connectivity index (χ0n) is 19.6. The maximum Gasteiger partial charge on any atom is 0.416 e. The van der Waals surface area contributed by atoms with E-state index < -0.39 is 42.8 Å². The van der Waals surface area contributed by atoms with Crippen molar-refractivity contribution in [2.24, 2.45) is 0 Å². The van der Waals surface area contributed by atoms with E-state index in [1.165, 1.54) is 42.5 Å². The van der Waals surface area contributed by atoms with Crippen LogP contribution in [-0.4, -0.2) is 59.1 Å². The summed E-state index contributed by atoms with van der Waals surface area (Å²) in [6.45, 7) is -0.00954. The highest BCUT2D eigenvalue weighted by molar-refractivity contribution is 6.30. The number of aliphatic hydroxyl groups excluding tert-OH is 1. The van der Waals surface area contributed by atoms with Gasteiger partial charge in [0, 0.05) is 10.6 Å². The fraction of sp³-hybridized carbons (Fsp3) is 0.261. The van der Waals surface area contributed by atoms with Crippen molar-refractivity contribution in [1.29, 1.82) is 0 Å². The van der Waals surface area contributed by atoms with Gasteiger partial charge in [-0.15, -0.1) is 10.2 Å². The number of aromatic nitrogens is 6. The van der Waals surface area contributed by atoms with E-state index in [4.69, 9.17) is 16.3 Å². The summed E-state index contributed by atoms with van der Waals surface area (Å²) < 4.78 is 60.5. The molecule has 0 saturated carbocycles. The lowest BCUT2D eigenvalue weighted by molar-refractivity contribution is -0.207. The highest BCUT2D eigenvalue weighted by Crippen LogP contribution is 2.24. The van der Waals surface area contributed by atoms with Crippen molar-refractivity contribution in [2.75, 3.05) is 6.61 Å². The first-order valence-corrected chi connectivity index (χ1v) is 11.4. The summed E-state index contributed by atoms with van der Waals surface area (Å²) >= 11 is 5.89. The topological polar surface area (TPSA) is 117 Å². The number of carbonyl (C=O) groups is 1. The molecule has 0 saturated heterocycles. The lowest BCUT2D eigenvalue weighted by Gasteiger charge is -2.15. The minimum atomic E-state index is -4.99. The molecular formula is C23H19ClF4N6O4. The van der Waals surface area contributed by atoms with Crippen molar-refractivity contribution in [1.82, 2.24) is 29.1 Å². The molecule has 10 nitrogen and oxygen atoms in total. The SMILES string of the molecule is CCOC(=O)c1nc(Cn2nc(-c3ccc(Cl)cc3)n(C[C@H](O)C(F)(F)F)c2=O)nn1-c1cccc(F)c1. The Balaban J connectivity index is 1.78. The van der Waals surface area contributed by atoms with Gasteiger partial charge in [-0.1, -0.05) is 17.7 Å². The highest BCUT2D eigenvalue weighted by atomic mass is 35.5. The van der Waals surface area contributed by atoms with Gasteiger partial charge in [0.25, 0.3) is 0 Å². The molecule has 0 amide bonds. The van der Waals surface area contributed by atoms with Crippen LogP contribution in [0, 0.1) is 5.82 Å². The number of hydrogen-bond donors (Lipinski definition) is 1. The van der Waals surface area contributed by atoms with E-state index in [9.17, 15) is 32.3 Å². The second-order valence-electron chi connectivity index (χ2n) is 7.90. The van der Waals surface area contributed by atoms with Crippen molar-refractivity contribution in [2.45, 2.75) is 32.3 Å². The number of halogens is 5. The lowest BCUT2D eigenvalue weighted by atomic mass is 10.2. The molecule has 2 aromatic carbocycles. The second-order valence-corrected chi connectivity index (χ2v) is 8.34. The van der Waals surface area contributed by atoms with Crippen molar-refractivity contribution < 1.29 is 32.2 Å². The van der Waals surface area contributed by atoms with E-state index in [0.717, 1.165) is 15.4 Å². The van der Waals surface area contributed by atoms with Crippen molar-refractivity contribution in [3.63, 3.8) is 0 Å². The Morgan fingerprint density at radius 2 is 1.87 bits per heavy atom. The van der Waals surface area contributed by atoms with Crippen LogP contribution < -0.4 is 5.69 Å². The van der Waals surface area contributed by atoms with E-state index >= 15 is 0 Å². The first-order valence-electron chi connectivity index (χ1n) is 11.0. The number of esters is 1. The van der Waals surface area contributed by atoms with Gasteiger partial charge >= 0.3 is 17.8 Å². The number of benzene rings is 2. The van der Waals surface area contributed by atoms with Crippen LogP contribution in [0.1, 0.15) is 23.4 Å². The first-order chi connectivity index (χ1) is 18.0. The molecule has 0 aliphatic rings. The molecule has 0 fully saturated rings. The molecule has 0 unspecified atom stereocenters. The van der Waals surface area contributed by atoms with Crippen LogP contribution in [-0.2, 0) is 17.8 Å². The quantitative estimate of drug-likeness (QED) is 0.262. The Bertz CT molecular complexity index is 1510. The van der Waals surface area contributed by atoms with Gasteiger partial charge in [0.15, 0.2) is 17.8 Å². The molecule has 0 bridgehead atoms. The Kier molecular flexibility index (Phi) is 7.64. The van der Waals surface area contributed by atoms with Crippen LogP contribution in [0.4, 0.5) is 17.6 Å². The number of alkyl halides is 3. The molecule has 2 aromatic heterocycles. The van der Waals surface area contributed by atoms with Crippen LogP contribution in [0.5, 0.6) is 0 Å². The predicted octanol–water partition coefficient (Wildman–Crippen LogP) is 3.23. The van der Waals surface area contributed by atoms with Crippen molar-refractivity contribution in [3.05, 3.63) is 81.5 Å². The molecule has 2 heterocycles. The third kappa shape index (κ3) is 5.75. The smallest absolute Gasteiger partial charge is 0.416 e. The fourth-order valence-electron chi connectivity index (χ4n) is 3.47. The van der Waals surface area contributed by atoms with Crippen LogP contribution in [0.15, 0.2) is 53.3 Å². The largest absolute Gasteiger partial charge is 0.460 e. The zero-order valence-corrected chi connectivity index (χ0v) is 20.3. The number of hydrogen-bond acceptors (Lipinski definition) is 7.